The Balaban J connectivity index is 2.88. The van der Waals surface area contributed by atoms with Crippen molar-refractivity contribution in [2.75, 3.05) is 0 Å². The summed E-state index contributed by atoms with van der Waals surface area (Å²) in [7, 11) is 0. The highest BCUT2D eigenvalue weighted by atomic mass is 35.5. The normalized spacial score (nSPS) is 12.9. The highest BCUT2D eigenvalue weighted by Crippen LogP contribution is 2.29. The van der Waals surface area contributed by atoms with Gasteiger partial charge in [-0.3, -0.25) is 9.59 Å². The van der Waals surface area contributed by atoms with E-state index in [1.807, 2.05) is 6.07 Å². The fraction of sp³-hybridized carbons (Fsp3) is 0.308. The van der Waals surface area contributed by atoms with Crippen LogP contribution in [-0.2, 0) is 9.59 Å². The standard InChI is InChI=1S/C13H13Cl2N3O2/c1-7(17-8(2)19)13(20)18-11(6-16)9-4-3-5-10(14)12(9)15/h3-5,7,11H,1-2H3,(H,17,19)(H,18,20)/t7-,11-/m1/s1. The molecular formula is C13H13Cl2N3O2. The number of amides is 2. The predicted octanol–water partition coefficient (Wildman–Crippen LogP) is 2.20. The fourth-order valence-electron chi connectivity index (χ4n) is 1.56. The Morgan fingerprint density at radius 2 is 1.95 bits per heavy atom. The summed E-state index contributed by atoms with van der Waals surface area (Å²) >= 11 is 11.9. The number of nitriles is 1. The molecular weight excluding hydrogens is 301 g/mol. The van der Waals surface area contributed by atoms with E-state index in [4.69, 9.17) is 28.5 Å². The second-order valence-corrected chi connectivity index (χ2v) is 4.92. The van der Waals surface area contributed by atoms with Crippen LogP contribution in [0.5, 0.6) is 0 Å². The van der Waals surface area contributed by atoms with Crippen LogP contribution >= 0.6 is 23.2 Å². The summed E-state index contributed by atoms with van der Waals surface area (Å²) in [6.45, 7) is 2.82. The highest BCUT2D eigenvalue weighted by molar-refractivity contribution is 6.42. The van der Waals surface area contributed by atoms with Gasteiger partial charge in [-0.25, -0.2) is 0 Å². The van der Waals surface area contributed by atoms with E-state index in [1.165, 1.54) is 13.8 Å². The van der Waals surface area contributed by atoms with E-state index < -0.39 is 18.0 Å². The number of nitrogens with zero attached hydrogens (tertiary/aromatic N) is 1. The third-order valence-corrected chi connectivity index (χ3v) is 3.35. The summed E-state index contributed by atoms with van der Waals surface area (Å²) in [6, 6.07) is 5.07. The van der Waals surface area contributed by atoms with Crippen LogP contribution in [0.2, 0.25) is 10.0 Å². The molecule has 0 aliphatic carbocycles. The summed E-state index contributed by atoms with van der Waals surface area (Å²) in [4.78, 5) is 22.8. The number of carbonyl (C=O) groups is 2. The molecule has 1 rings (SSSR count). The quantitative estimate of drug-likeness (QED) is 0.894. The Morgan fingerprint density at radius 1 is 1.30 bits per heavy atom. The molecule has 2 atom stereocenters. The lowest BCUT2D eigenvalue weighted by Gasteiger charge is -2.17. The zero-order valence-electron chi connectivity index (χ0n) is 10.9. The van der Waals surface area contributed by atoms with Crippen LogP contribution in [0.4, 0.5) is 0 Å². The van der Waals surface area contributed by atoms with Gasteiger partial charge >= 0.3 is 0 Å². The van der Waals surface area contributed by atoms with Gasteiger partial charge in [-0.1, -0.05) is 35.3 Å². The first-order chi connectivity index (χ1) is 9.36. The van der Waals surface area contributed by atoms with Gasteiger partial charge in [-0.2, -0.15) is 5.26 Å². The minimum atomic E-state index is -0.940. The second-order valence-electron chi connectivity index (χ2n) is 4.14. The zero-order valence-corrected chi connectivity index (χ0v) is 12.4. The van der Waals surface area contributed by atoms with Gasteiger partial charge in [-0.05, 0) is 13.0 Å². The van der Waals surface area contributed by atoms with E-state index in [2.05, 4.69) is 10.6 Å². The van der Waals surface area contributed by atoms with Crippen molar-refractivity contribution in [3.63, 3.8) is 0 Å². The monoisotopic (exact) mass is 313 g/mol. The number of hydrogen-bond acceptors (Lipinski definition) is 3. The van der Waals surface area contributed by atoms with E-state index in [1.54, 1.807) is 18.2 Å². The molecule has 5 nitrogen and oxygen atoms in total. The molecule has 0 unspecified atom stereocenters. The van der Waals surface area contributed by atoms with Gasteiger partial charge in [0.1, 0.15) is 12.1 Å². The SMILES string of the molecule is CC(=O)N[C@H](C)C(=O)N[C@H](C#N)c1cccc(Cl)c1Cl. The lowest BCUT2D eigenvalue weighted by Crippen LogP contribution is -2.45. The fourth-order valence-corrected chi connectivity index (χ4v) is 1.98. The first kappa shape index (κ1) is 16.3. The molecule has 0 saturated heterocycles. The molecule has 0 spiro atoms. The molecule has 2 amide bonds. The molecule has 106 valence electrons. The van der Waals surface area contributed by atoms with E-state index in [0.29, 0.717) is 10.6 Å². The van der Waals surface area contributed by atoms with Gasteiger partial charge < -0.3 is 10.6 Å². The Bertz CT molecular complexity index is 569. The summed E-state index contributed by atoms with van der Waals surface area (Å²) in [6.07, 6.45) is 0. The first-order valence-electron chi connectivity index (χ1n) is 5.77. The third kappa shape index (κ3) is 4.12. The lowest BCUT2D eigenvalue weighted by atomic mass is 10.1. The minimum absolute atomic E-state index is 0.216. The van der Waals surface area contributed by atoms with Crippen LogP contribution in [0.3, 0.4) is 0 Å². The molecule has 0 saturated carbocycles. The van der Waals surface area contributed by atoms with Crippen molar-refractivity contribution in [3.8, 4) is 6.07 Å². The largest absolute Gasteiger partial charge is 0.345 e. The third-order valence-electron chi connectivity index (χ3n) is 2.52. The second kappa shape index (κ2) is 7.13. The van der Waals surface area contributed by atoms with Crippen molar-refractivity contribution in [1.82, 2.24) is 10.6 Å². The van der Waals surface area contributed by atoms with Gasteiger partial charge in [0, 0.05) is 12.5 Å². The Hall–Kier alpha value is -1.77. The molecule has 0 aliphatic heterocycles. The van der Waals surface area contributed by atoms with Crippen LogP contribution in [0, 0.1) is 11.3 Å². The number of halogens is 2. The summed E-state index contributed by atoms with van der Waals surface area (Å²) < 4.78 is 0. The first-order valence-corrected chi connectivity index (χ1v) is 6.53. The van der Waals surface area contributed by atoms with Gasteiger partial charge in [0.05, 0.1) is 16.1 Å². The predicted molar refractivity (Wildman–Crippen MR) is 76.2 cm³/mol. The molecule has 7 heteroatoms. The molecule has 0 bridgehead atoms. The molecule has 0 aromatic heterocycles. The maximum Gasteiger partial charge on any atom is 0.243 e. The zero-order chi connectivity index (χ0) is 15.3. The van der Waals surface area contributed by atoms with Gasteiger partial charge in [0.15, 0.2) is 0 Å². The number of benzene rings is 1. The van der Waals surface area contributed by atoms with Crippen molar-refractivity contribution in [3.05, 3.63) is 33.8 Å². The number of rotatable bonds is 4. The molecule has 0 heterocycles. The van der Waals surface area contributed by atoms with E-state index in [0.717, 1.165) is 0 Å². The Morgan fingerprint density at radius 3 is 2.50 bits per heavy atom. The van der Waals surface area contributed by atoms with Crippen LogP contribution in [0.15, 0.2) is 18.2 Å². The summed E-state index contributed by atoms with van der Waals surface area (Å²) in [5.74, 6) is -0.815. The molecule has 0 aliphatic rings. The van der Waals surface area contributed by atoms with Crippen LogP contribution in [0.25, 0.3) is 0 Å². The lowest BCUT2D eigenvalue weighted by molar-refractivity contribution is -0.127. The van der Waals surface area contributed by atoms with E-state index in [-0.39, 0.29) is 10.9 Å². The highest BCUT2D eigenvalue weighted by Gasteiger charge is 2.21. The molecule has 1 aromatic carbocycles. The van der Waals surface area contributed by atoms with Crippen molar-refractivity contribution in [2.45, 2.75) is 25.9 Å². The van der Waals surface area contributed by atoms with Gasteiger partial charge in [0.2, 0.25) is 11.8 Å². The summed E-state index contributed by atoms with van der Waals surface area (Å²) in [5, 5.41) is 14.6. The van der Waals surface area contributed by atoms with Gasteiger partial charge in [-0.15, -0.1) is 0 Å². The number of hydrogen-bond donors (Lipinski definition) is 2. The topological polar surface area (TPSA) is 82.0 Å². The minimum Gasteiger partial charge on any atom is -0.345 e. The summed E-state index contributed by atoms with van der Waals surface area (Å²) in [5.41, 5.74) is 0.407. The molecule has 0 radical (unpaired) electrons. The molecule has 0 fully saturated rings. The van der Waals surface area contributed by atoms with Crippen LogP contribution in [-0.4, -0.2) is 17.9 Å². The van der Waals surface area contributed by atoms with E-state index in [9.17, 15) is 9.59 Å². The van der Waals surface area contributed by atoms with Crippen LogP contribution in [0.1, 0.15) is 25.5 Å². The van der Waals surface area contributed by atoms with Gasteiger partial charge in [0.25, 0.3) is 0 Å². The smallest absolute Gasteiger partial charge is 0.243 e. The van der Waals surface area contributed by atoms with Crippen molar-refractivity contribution >= 4 is 35.0 Å². The number of carbonyl (C=O) groups excluding carboxylic acids is 2. The maximum atomic E-state index is 11.9. The van der Waals surface area contributed by atoms with Crippen molar-refractivity contribution < 1.29 is 9.59 Å². The van der Waals surface area contributed by atoms with Crippen LogP contribution < -0.4 is 10.6 Å². The van der Waals surface area contributed by atoms with Crippen molar-refractivity contribution in [2.24, 2.45) is 0 Å². The number of nitrogens with one attached hydrogen (secondary N) is 2. The Kier molecular flexibility index (Phi) is 5.81. The molecule has 20 heavy (non-hydrogen) atoms. The average Bonchev–Trinajstić information content (AvgIpc) is 2.38. The maximum absolute atomic E-state index is 11.9. The molecule has 1 aromatic rings. The van der Waals surface area contributed by atoms with Crippen molar-refractivity contribution in [1.29, 1.82) is 5.26 Å². The van der Waals surface area contributed by atoms with E-state index >= 15 is 0 Å². The average molecular weight is 314 g/mol. The molecule has 2 N–H and O–H groups in total. The Labute approximate surface area is 126 Å².